The fourth-order valence-corrected chi connectivity index (χ4v) is 3.89. The van der Waals surface area contributed by atoms with Gasteiger partial charge in [0.2, 0.25) is 11.8 Å². The minimum absolute atomic E-state index is 0.0378. The molecular weight excluding hydrogens is 362 g/mol. The minimum atomic E-state index is -0.0380. The summed E-state index contributed by atoms with van der Waals surface area (Å²) in [5, 5.41) is 7.51. The normalized spacial score (nSPS) is 15.2. The van der Waals surface area contributed by atoms with Crippen molar-refractivity contribution in [2.24, 2.45) is 0 Å². The molecule has 0 spiro atoms. The summed E-state index contributed by atoms with van der Waals surface area (Å²) < 4.78 is 5.95. The fourth-order valence-electron chi connectivity index (χ4n) is 3.89. The molecule has 1 aromatic heterocycles. The van der Waals surface area contributed by atoms with Crippen molar-refractivity contribution in [3.8, 4) is 11.6 Å². The van der Waals surface area contributed by atoms with Crippen LogP contribution in [0.1, 0.15) is 51.1 Å². The number of ether oxygens (including phenoxy) is 1. The average Bonchev–Trinajstić information content (AvgIpc) is 3.21. The van der Waals surface area contributed by atoms with Gasteiger partial charge in [0.1, 0.15) is 5.75 Å². The lowest BCUT2D eigenvalue weighted by Crippen LogP contribution is -2.23. The van der Waals surface area contributed by atoms with Gasteiger partial charge < -0.3 is 15.4 Å². The van der Waals surface area contributed by atoms with Crippen LogP contribution in [0.4, 0.5) is 5.69 Å². The predicted octanol–water partition coefficient (Wildman–Crippen LogP) is 5.58. The van der Waals surface area contributed by atoms with Gasteiger partial charge in [-0.15, -0.1) is 0 Å². The second kappa shape index (κ2) is 8.52. The summed E-state index contributed by atoms with van der Waals surface area (Å²) in [6.45, 7) is 3.50. The zero-order valence-corrected chi connectivity index (χ0v) is 16.9. The van der Waals surface area contributed by atoms with Gasteiger partial charge in [-0.3, -0.25) is 4.79 Å². The van der Waals surface area contributed by atoms with Crippen LogP contribution in [0.15, 0.2) is 54.6 Å². The molecule has 0 radical (unpaired) electrons. The molecule has 29 heavy (non-hydrogen) atoms. The van der Waals surface area contributed by atoms with E-state index in [-0.39, 0.29) is 11.9 Å². The highest BCUT2D eigenvalue weighted by atomic mass is 16.5. The van der Waals surface area contributed by atoms with E-state index in [1.54, 1.807) is 0 Å². The molecule has 1 heterocycles. The van der Waals surface area contributed by atoms with Gasteiger partial charge in [-0.25, -0.2) is 4.98 Å². The molecule has 1 atom stereocenters. The molecule has 4 rings (SSSR count). The highest BCUT2D eigenvalue weighted by Crippen LogP contribution is 2.27. The summed E-state index contributed by atoms with van der Waals surface area (Å²) in [6, 6.07) is 18.5. The van der Waals surface area contributed by atoms with E-state index < -0.39 is 0 Å². The molecule has 1 aliphatic carbocycles. The summed E-state index contributed by atoms with van der Waals surface area (Å²) in [7, 11) is 0. The van der Waals surface area contributed by atoms with Crippen LogP contribution in [0.25, 0.3) is 10.9 Å². The maximum atomic E-state index is 11.3. The van der Waals surface area contributed by atoms with Crippen LogP contribution < -0.4 is 15.4 Å². The van der Waals surface area contributed by atoms with Gasteiger partial charge >= 0.3 is 0 Å². The van der Waals surface area contributed by atoms with Gasteiger partial charge in [0.25, 0.3) is 0 Å². The highest BCUT2D eigenvalue weighted by Gasteiger charge is 2.14. The van der Waals surface area contributed by atoms with E-state index in [2.05, 4.69) is 33.8 Å². The SMILES string of the molecule is CC(=O)NC(C)c1ccc2nc(Oc3ccc(NC4CCCC4)cc3)ccc2c1. The zero-order chi connectivity index (χ0) is 20.2. The Labute approximate surface area is 171 Å². The van der Waals surface area contributed by atoms with Crippen molar-refractivity contribution in [3.05, 3.63) is 60.2 Å². The van der Waals surface area contributed by atoms with E-state index >= 15 is 0 Å². The number of carbonyl (C=O) groups is 1. The summed E-state index contributed by atoms with van der Waals surface area (Å²) in [6.07, 6.45) is 5.15. The summed E-state index contributed by atoms with van der Waals surface area (Å²) >= 11 is 0. The highest BCUT2D eigenvalue weighted by molar-refractivity contribution is 5.80. The van der Waals surface area contributed by atoms with Gasteiger partial charge in [0.05, 0.1) is 11.6 Å². The lowest BCUT2D eigenvalue weighted by Gasteiger charge is -2.14. The number of amides is 1. The van der Waals surface area contributed by atoms with Gasteiger partial charge in [0, 0.05) is 30.1 Å². The Hall–Kier alpha value is -3.08. The quantitative estimate of drug-likeness (QED) is 0.578. The number of anilines is 1. The Morgan fingerprint density at radius 3 is 2.55 bits per heavy atom. The predicted molar refractivity (Wildman–Crippen MR) is 116 cm³/mol. The first-order valence-electron chi connectivity index (χ1n) is 10.3. The van der Waals surface area contributed by atoms with Crippen molar-refractivity contribution in [1.82, 2.24) is 10.3 Å². The monoisotopic (exact) mass is 389 g/mol. The second-order valence-electron chi connectivity index (χ2n) is 7.78. The van der Waals surface area contributed by atoms with Crippen LogP contribution in [0.2, 0.25) is 0 Å². The molecule has 2 aromatic carbocycles. The van der Waals surface area contributed by atoms with Crippen molar-refractivity contribution >= 4 is 22.5 Å². The number of fused-ring (bicyclic) bond motifs is 1. The van der Waals surface area contributed by atoms with Gasteiger partial charge in [-0.1, -0.05) is 18.9 Å². The molecule has 0 aliphatic heterocycles. The number of carbonyl (C=O) groups excluding carboxylic acids is 1. The van der Waals surface area contributed by atoms with Crippen molar-refractivity contribution in [1.29, 1.82) is 0 Å². The molecular formula is C24H27N3O2. The molecule has 150 valence electrons. The van der Waals surface area contributed by atoms with E-state index in [1.807, 2.05) is 43.3 Å². The van der Waals surface area contributed by atoms with E-state index in [1.165, 1.54) is 32.6 Å². The molecule has 2 N–H and O–H groups in total. The molecule has 5 heteroatoms. The maximum absolute atomic E-state index is 11.3. The van der Waals surface area contributed by atoms with Gasteiger partial charge in [-0.2, -0.15) is 0 Å². The third kappa shape index (κ3) is 4.86. The molecule has 1 aliphatic rings. The number of hydrogen-bond acceptors (Lipinski definition) is 4. The standard InChI is InChI=1S/C24H27N3O2/c1-16(25-17(2)28)18-7-13-23-19(15-18)8-14-24(27-23)29-22-11-9-21(10-12-22)26-20-5-3-4-6-20/h7-16,20,26H,3-6H2,1-2H3,(H,25,28). The average molecular weight is 389 g/mol. The minimum Gasteiger partial charge on any atom is -0.439 e. The summed E-state index contributed by atoms with van der Waals surface area (Å²) in [5.41, 5.74) is 3.05. The lowest BCUT2D eigenvalue weighted by molar-refractivity contribution is -0.119. The Kier molecular flexibility index (Phi) is 5.65. The third-order valence-corrected chi connectivity index (χ3v) is 5.41. The molecule has 0 bridgehead atoms. The summed E-state index contributed by atoms with van der Waals surface area (Å²) in [4.78, 5) is 15.9. The van der Waals surface area contributed by atoms with E-state index in [0.29, 0.717) is 11.9 Å². The Morgan fingerprint density at radius 2 is 1.83 bits per heavy atom. The molecule has 5 nitrogen and oxygen atoms in total. The van der Waals surface area contributed by atoms with Gasteiger partial charge in [0.15, 0.2) is 0 Å². The first-order valence-corrected chi connectivity index (χ1v) is 10.3. The lowest BCUT2D eigenvalue weighted by atomic mass is 10.1. The Morgan fingerprint density at radius 1 is 1.07 bits per heavy atom. The zero-order valence-electron chi connectivity index (χ0n) is 16.9. The Balaban J connectivity index is 1.44. The molecule has 0 saturated heterocycles. The Bertz CT molecular complexity index is 995. The van der Waals surface area contributed by atoms with Crippen LogP contribution in [-0.4, -0.2) is 16.9 Å². The molecule has 1 unspecified atom stereocenters. The number of hydrogen-bond donors (Lipinski definition) is 2. The largest absolute Gasteiger partial charge is 0.439 e. The van der Waals surface area contributed by atoms with E-state index in [0.717, 1.165) is 27.9 Å². The number of rotatable bonds is 6. The maximum Gasteiger partial charge on any atom is 0.219 e. The number of nitrogens with zero attached hydrogens (tertiary/aromatic N) is 1. The number of benzene rings is 2. The third-order valence-electron chi connectivity index (χ3n) is 5.41. The van der Waals surface area contributed by atoms with Crippen LogP contribution >= 0.6 is 0 Å². The smallest absolute Gasteiger partial charge is 0.219 e. The van der Waals surface area contributed by atoms with Crippen LogP contribution in [0.3, 0.4) is 0 Å². The number of aromatic nitrogens is 1. The van der Waals surface area contributed by atoms with Crippen LogP contribution in [-0.2, 0) is 4.79 Å². The van der Waals surface area contributed by atoms with Gasteiger partial charge in [-0.05, 0) is 67.8 Å². The topological polar surface area (TPSA) is 63.2 Å². The molecule has 3 aromatic rings. The van der Waals surface area contributed by atoms with Crippen LogP contribution in [0, 0.1) is 0 Å². The van der Waals surface area contributed by atoms with E-state index in [4.69, 9.17) is 4.74 Å². The number of pyridine rings is 1. The first kappa shape index (κ1) is 19.2. The van der Waals surface area contributed by atoms with Crippen molar-refractivity contribution < 1.29 is 9.53 Å². The van der Waals surface area contributed by atoms with Crippen LogP contribution in [0.5, 0.6) is 11.6 Å². The first-order chi connectivity index (χ1) is 14.1. The number of nitrogens with one attached hydrogen (secondary N) is 2. The molecule has 1 amide bonds. The van der Waals surface area contributed by atoms with Crippen molar-refractivity contribution in [3.63, 3.8) is 0 Å². The van der Waals surface area contributed by atoms with E-state index in [9.17, 15) is 4.79 Å². The second-order valence-corrected chi connectivity index (χ2v) is 7.78. The molecule has 1 fully saturated rings. The fraction of sp³-hybridized carbons (Fsp3) is 0.333. The summed E-state index contributed by atoms with van der Waals surface area (Å²) in [5.74, 6) is 1.30. The molecule has 1 saturated carbocycles. The van der Waals surface area contributed by atoms with Crippen molar-refractivity contribution in [2.75, 3.05) is 5.32 Å². The van der Waals surface area contributed by atoms with Crippen molar-refractivity contribution in [2.45, 2.75) is 51.6 Å².